The van der Waals surface area contributed by atoms with Crippen LogP contribution in [0.4, 0.5) is 0 Å². The zero-order valence-electron chi connectivity index (χ0n) is 16.2. The molecule has 0 aliphatic heterocycles. The maximum atomic E-state index is 2.43. The summed E-state index contributed by atoms with van der Waals surface area (Å²) in [6, 6.07) is 8.92. The summed E-state index contributed by atoms with van der Waals surface area (Å²) < 4.78 is 0. The van der Waals surface area contributed by atoms with Crippen molar-refractivity contribution >= 4 is 6.08 Å². The Hall–Kier alpha value is -1.30. The number of rotatable bonds is 5. The average molecular weight is 313 g/mol. The number of hydrogen-bond donors (Lipinski definition) is 0. The van der Waals surface area contributed by atoms with E-state index in [1.165, 1.54) is 48.8 Å². The third-order valence-electron chi connectivity index (χ3n) is 4.99. The fourth-order valence-electron chi connectivity index (χ4n) is 3.42. The summed E-state index contributed by atoms with van der Waals surface area (Å²) in [5, 5.41) is 0. The van der Waals surface area contributed by atoms with E-state index in [-0.39, 0.29) is 5.41 Å². The molecule has 0 aromatic heterocycles. The summed E-state index contributed by atoms with van der Waals surface area (Å²) in [6.07, 6.45) is 13.3. The highest BCUT2D eigenvalue weighted by Crippen LogP contribution is 2.44. The van der Waals surface area contributed by atoms with E-state index in [9.17, 15) is 0 Å². The van der Waals surface area contributed by atoms with Crippen LogP contribution >= 0.6 is 0 Å². The summed E-state index contributed by atoms with van der Waals surface area (Å²) in [4.78, 5) is 0. The fraction of sp³-hybridized carbons (Fsp3) is 0.565. The molecule has 1 aromatic rings. The lowest BCUT2D eigenvalue weighted by molar-refractivity contribution is 0.253. The topological polar surface area (TPSA) is 0 Å². The third kappa shape index (κ3) is 5.09. The van der Waals surface area contributed by atoms with E-state index in [2.05, 4.69) is 70.2 Å². The van der Waals surface area contributed by atoms with Gasteiger partial charge in [-0.1, -0.05) is 96.9 Å². The standard InChI is InChI=1S/C21H30.C2H6/c1-5-7-8-14-20-16-18-13-10-9-12-17(18)15-19(11-6-2)21(20,3)4;1-2/h8-10,12-14,16,19H,5-7,11,15H2,1-4H3;1-2H3/b14-8-;. The lowest BCUT2D eigenvalue weighted by Crippen LogP contribution is -2.26. The lowest BCUT2D eigenvalue weighted by atomic mass is 9.70. The van der Waals surface area contributed by atoms with Crippen molar-refractivity contribution in [1.82, 2.24) is 0 Å². The van der Waals surface area contributed by atoms with Crippen LogP contribution in [0.2, 0.25) is 0 Å². The van der Waals surface area contributed by atoms with Crippen LogP contribution in [0.25, 0.3) is 6.08 Å². The van der Waals surface area contributed by atoms with E-state index in [0.29, 0.717) is 0 Å². The van der Waals surface area contributed by atoms with Crippen molar-refractivity contribution in [2.45, 2.75) is 73.6 Å². The number of allylic oxidation sites excluding steroid dienone is 3. The monoisotopic (exact) mass is 312 g/mol. The van der Waals surface area contributed by atoms with Gasteiger partial charge in [0.2, 0.25) is 0 Å². The van der Waals surface area contributed by atoms with Crippen LogP contribution < -0.4 is 0 Å². The summed E-state index contributed by atoms with van der Waals surface area (Å²) in [5.74, 6) is 0.726. The highest BCUT2D eigenvalue weighted by molar-refractivity contribution is 5.62. The second-order valence-electron chi connectivity index (χ2n) is 6.90. The van der Waals surface area contributed by atoms with Crippen molar-refractivity contribution in [2.24, 2.45) is 11.3 Å². The molecule has 128 valence electrons. The Morgan fingerprint density at radius 1 is 1.09 bits per heavy atom. The molecule has 0 spiro atoms. The summed E-state index contributed by atoms with van der Waals surface area (Å²) in [7, 11) is 0. The number of unbranched alkanes of at least 4 members (excludes halogenated alkanes) is 1. The molecule has 0 heterocycles. The van der Waals surface area contributed by atoms with Crippen molar-refractivity contribution in [3.63, 3.8) is 0 Å². The smallest absolute Gasteiger partial charge is 0.00720 e. The first kappa shape index (κ1) is 19.7. The van der Waals surface area contributed by atoms with Crippen molar-refractivity contribution < 1.29 is 0 Å². The Bertz CT molecular complexity index is 517. The van der Waals surface area contributed by atoms with Gasteiger partial charge in [-0.15, -0.1) is 0 Å². The van der Waals surface area contributed by atoms with E-state index in [4.69, 9.17) is 0 Å². The molecule has 1 aromatic carbocycles. The van der Waals surface area contributed by atoms with E-state index in [0.717, 1.165) is 5.92 Å². The molecule has 0 saturated heterocycles. The van der Waals surface area contributed by atoms with Crippen LogP contribution in [0.3, 0.4) is 0 Å². The van der Waals surface area contributed by atoms with Crippen molar-refractivity contribution in [3.8, 4) is 0 Å². The maximum Gasteiger partial charge on any atom is -0.00720 e. The van der Waals surface area contributed by atoms with Crippen LogP contribution in [-0.4, -0.2) is 0 Å². The SMILES string of the molecule is CC.CCC/C=C\C1=Cc2ccccc2CC(CCC)C1(C)C. The zero-order chi connectivity index (χ0) is 17.3. The van der Waals surface area contributed by atoms with Gasteiger partial charge in [-0.05, 0) is 47.3 Å². The minimum atomic E-state index is 0.249. The highest BCUT2D eigenvalue weighted by atomic mass is 14.4. The molecular weight excluding hydrogens is 276 g/mol. The van der Waals surface area contributed by atoms with Crippen LogP contribution in [0.1, 0.15) is 78.4 Å². The predicted molar refractivity (Wildman–Crippen MR) is 106 cm³/mol. The number of benzene rings is 1. The minimum Gasteiger partial charge on any atom is -0.0843 e. The van der Waals surface area contributed by atoms with Crippen LogP contribution in [0.5, 0.6) is 0 Å². The van der Waals surface area contributed by atoms with Crippen LogP contribution in [-0.2, 0) is 6.42 Å². The van der Waals surface area contributed by atoms with E-state index in [1.54, 1.807) is 0 Å². The molecular formula is C23H36. The molecule has 1 unspecified atom stereocenters. The molecule has 0 fully saturated rings. The van der Waals surface area contributed by atoms with E-state index < -0.39 is 0 Å². The molecule has 1 atom stereocenters. The van der Waals surface area contributed by atoms with Crippen LogP contribution in [0, 0.1) is 11.3 Å². The fourth-order valence-corrected chi connectivity index (χ4v) is 3.42. The number of hydrogen-bond acceptors (Lipinski definition) is 0. The first-order valence-corrected chi connectivity index (χ1v) is 9.56. The predicted octanol–water partition coefficient (Wildman–Crippen LogP) is 7.45. The van der Waals surface area contributed by atoms with Crippen molar-refractivity contribution in [2.75, 3.05) is 0 Å². The highest BCUT2D eigenvalue weighted by Gasteiger charge is 2.33. The second-order valence-corrected chi connectivity index (χ2v) is 6.90. The number of fused-ring (bicyclic) bond motifs is 1. The second kappa shape index (κ2) is 9.75. The molecule has 0 bridgehead atoms. The molecule has 0 N–H and O–H groups in total. The molecule has 0 amide bonds. The van der Waals surface area contributed by atoms with Gasteiger partial charge in [0.25, 0.3) is 0 Å². The molecule has 23 heavy (non-hydrogen) atoms. The molecule has 2 rings (SSSR count). The molecule has 0 heteroatoms. The molecule has 0 radical (unpaired) electrons. The first-order valence-electron chi connectivity index (χ1n) is 9.56. The van der Waals surface area contributed by atoms with Crippen molar-refractivity contribution in [3.05, 3.63) is 53.1 Å². The Balaban J connectivity index is 0.00000127. The van der Waals surface area contributed by atoms with Gasteiger partial charge in [0, 0.05) is 0 Å². The lowest BCUT2D eigenvalue weighted by Gasteiger charge is -2.35. The summed E-state index contributed by atoms with van der Waals surface area (Å²) >= 11 is 0. The molecule has 0 saturated carbocycles. The Morgan fingerprint density at radius 3 is 2.43 bits per heavy atom. The molecule has 1 aliphatic carbocycles. The molecule has 0 nitrogen and oxygen atoms in total. The summed E-state index contributed by atoms with van der Waals surface area (Å²) in [6.45, 7) is 13.4. The van der Waals surface area contributed by atoms with Gasteiger partial charge in [-0.25, -0.2) is 0 Å². The van der Waals surface area contributed by atoms with Crippen LogP contribution in [0.15, 0.2) is 42.0 Å². The van der Waals surface area contributed by atoms with Gasteiger partial charge >= 0.3 is 0 Å². The molecule has 1 aliphatic rings. The van der Waals surface area contributed by atoms with Gasteiger partial charge in [-0.2, -0.15) is 0 Å². The van der Waals surface area contributed by atoms with Gasteiger partial charge in [0.1, 0.15) is 0 Å². The van der Waals surface area contributed by atoms with Gasteiger partial charge in [-0.3, -0.25) is 0 Å². The van der Waals surface area contributed by atoms with E-state index >= 15 is 0 Å². The average Bonchev–Trinajstić information content (AvgIpc) is 2.66. The zero-order valence-corrected chi connectivity index (χ0v) is 16.2. The van der Waals surface area contributed by atoms with Gasteiger partial charge in [0.05, 0.1) is 0 Å². The first-order chi connectivity index (χ1) is 11.1. The van der Waals surface area contributed by atoms with Gasteiger partial charge in [0.15, 0.2) is 0 Å². The van der Waals surface area contributed by atoms with E-state index in [1.807, 2.05) is 13.8 Å². The Morgan fingerprint density at radius 2 is 1.78 bits per heavy atom. The van der Waals surface area contributed by atoms with Crippen molar-refractivity contribution in [1.29, 1.82) is 0 Å². The minimum absolute atomic E-state index is 0.249. The Labute approximate surface area is 144 Å². The third-order valence-corrected chi connectivity index (χ3v) is 4.99. The largest absolute Gasteiger partial charge is 0.0843 e. The summed E-state index contributed by atoms with van der Waals surface area (Å²) in [5.41, 5.74) is 4.68. The normalized spacial score (nSPS) is 19.4. The van der Waals surface area contributed by atoms with Gasteiger partial charge < -0.3 is 0 Å². The maximum absolute atomic E-state index is 2.43. The Kier molecular flexibility index (Phi) is 8.37. The quantitative estimate of drug-likeness (QED) is 0.529.